The molecule has 0 bridgehead atoms. The van der Waals surface area contributed by atoms with Crippen LogP contribution < -0.4 is 0 Å². The predicted molar refractivity (Wildman–Crippen MR) is 50.5 cm³/mol. The number of rotatable bonds is 3. The molecule has 0 N–H and O–H groups in total. The zero-order valence-electron chi connectivity index (χ0n) is 7.89. The summed E-state index contributed by atoms with van der Waals surface area (Å²) in [5.74, 6) is 6.60. The van der Waals surface area contributed by atoms with Gasteiger partial charge in [0.05, 0.1) is 6.42 Å². The molecule has 68 valence electrons. The zero-order chi connectivity index (χ0) is 9.68. The Morgan fingerprint density at radius 1 is 1.54 bits per heavy atom. The van der Waals surface area contributed by atoms with Crippen LogP contribution in [-0.4, -0.2) is 5.78 Å². The molecule has 0 aromatic carbocycles. The molecule has 0 radical (unpaired) electrons. The fourth-order valence-electron chi connectivity index (χ4n) is 0.974. The van der Waals surface area contributed by atoms with Gasteiger partial charge in [0.1, 0.15) is 5.76 Å². The minimum absolute atomic E-state index is 0.0472. The Labute approximate surface area is 77.9 Å². The second-order valence-corrected chi connectivity index (χ2v) is 2.65. The molecule has 0 spiro atoms. The third-order valence-corrected chi connectivity index (χ3v) is 1.71. The molecule has 2 heteroatoms. The van der Waals surface area contributed by atoms with Gasteiger partial charge in [-0.15, -0.1) is 5.92 Å². The Kier molecular flexibility index (Phi) is 3.33. The van der Waals surface area contributed by atoms with Crippen LogP contribution in [0.25, 0.3) is 0 Å². The summed E-state index contributed by atoms with van der Waals surface area (Å²) in [4.78, 5) is 11.3. The van der Waals surface area contributed by atoms with E-state index in [1.807, 2.05) is 13.0 Å². The van der Waals surface area contributed by atoms with Crippen LogP contribution in [-0.2, 0) is 6.42 Å². The lowest BCUT2D eigenvalue weighted by Crippen LogP contribution is -1.94. The van der Waals surface area contributed by atoms with Crippen LogP contribution in [0.1, 0.15) is 36.6 Å². The highest BCUT2D eigenvalue weighted by atomic mass is 16.3. The Morgan fingerprint density at radius 3 is 2.85 bits per heavy atom. The average Bonchev–Trinajstić information content (AvgIpc) is 2.62. The van der Waals surface area contributed by atoms with E-state index in [9.17, 15) is 4.79 Å². The number of hydrogen-bond donors (Lipinski definition) is 0. The van der Waals surface area contributed by atoms with Crippen molar-refractivity contribution in [3.8, 4) is 11.8 Å². The molecule has 0 atom stereocenters. The second kappa shape index (κ2) is 4.51. The van der Waals surface area contributed by atoms with Crippen LogP contribution in [0.5, 0.6) is 0 Å². The number of ketones is 1. The molecule has 1 rings (SSSR count). The van der Waals surface area contributed by atoms with Gasteiger partial charge in [-0.3, -0.25) is 4.79 Å². The fourth-order valence-corrected chi connectivity index (χ4v) is 0.974. The van der Waals surface area contributed by atoms with Crippen molar-refractivity contribution in [1.82, 2.24) is 0 Å². The van der Waals surface area contributed by atoms with E-state index in [0.717, 1.165) is 12.2 Å². The van der Waals surface area contributed by atoms with Crippen molar-refractivity contribution in [3.05, 3.63) is 23.7 Å². The molecule has 0 unspecified atom stereocenters. The van der Waals surface area contributed by atoms with Gasteiger partial charge in [0.15, 0.2) is 5.76 Å². The van der Waals surface area contributed by atoms with Crippen LogP contribution in [0.2, 0.25) is 0 Å². The molecule has 1 aromatic heterocycles. The average molecular weight is 176 g/mol. The number of aryl methyl sites for hydroxylation is 1. The number of furan rings is 1. The molecule has 0 aliphatic rings. The smallest absolute Gasteiger partial charge is 0.209 e. The van der Waals surface area contributed by atoms with Gasteiger partial charge in [-0.05, 0) is 19.1 Å². The molecule has 1 heterocycles. The summed E-state index contributed by atoms with van der Waals surface area (Å²) in [7, 11) is 0. The topological polar surface area (TPSA) is 30.2 Å². The minimum atomic E-state index is -0.0472. The van der Waals surface area contributed by atoms with Crippen LogP contribution in [0.15, 0.2) is 16.5 Å². The Balaban J connectivity index is 2.69. The first kappa shape index (κ1) is 9.60. The van der Waals surface area contributed by atoms with Gasteiger partial charge >= 0.3 is 0 Å². The van der Waals surface area contributed by atoms with Crippen LogP contribution in [0.4, 0.5) is 0 Å². The standard InChI is InChI=1S/C11H12O2/c1-3-5-6-10(12)11-8-7-9(4-2)13-11/h7-8H,4,6H2,1-2H3. The maximum absolute atomic E-state index is 11.3. The van der Waals surface area contributed by atoms with E-state index in [-0.39, 0.29) is 12.2 Å². The summed E-state index contributed by atoms with van der Waals surface area (Å²) in [5, 5.41) is 0. The van der Waals surface area contributed by atoms with E-state index in [0.29, 0.717) is 5.76 Å². The molecule has 0 saturated carbocycles. The van der Waals surface area contributed by atoms with Crippen LogP contribution >= 0.6 is 0 Å². The second-order valence-electron chi connectivity index (χ2n) is 2.65. The van der Waals surface area contributed by atoms with Gasteiger partial charge in [0, 0.05) is 6.42 Å². The molecule has 1 aromatic rings. The first-order valence-corrected chi connectivity index (χ1v) is 4.29. The molecular weight excluding hydrogens is 164 g/mol. The van der Waals surface area contributed by atoms with Crippen molar-refractivity contribution in [2.75, 3.05) is 0 Å². The first-order valence-electron chi connectivity index (χ1n) is 4.29. The van der Waals surface area contributed by atoms with Crippen molar-refractivity contribution in [3.63, 3.8) is 0 Å². The van der Waals surface area contributed by atoms with Gasteiger partial charge in [0.2, 0.25) is 5.78 Å². The van der Waals surface area contributed by atoms with Crippen LogP contribution in [0, 0.1) is 11.8 Å². The number of hydrogen-bond acceptors (Lipinski definition) is 2. The first-order chi connectivity index (χ1) is 6.27. The number of carbonyl (C=O) groups is 1. The SMILES string of the molecule is CC#CCC(=O)c1ccc(CC)o1. The van der Waals surface area contributed by atoms with E-state index < -0.39 is 0 Å². The predicted octanol–water partition coefficient (Wildman–Crippen LogP) is 2.44. The largest absolute Gasteiger partial charge is 0.458 e. The maximum atomic E-state index is 11.3. The summed E-state index contributed by atoms with van der Waals surface area (Å²) in [5.41, 5.74) is 0. The van der Waals surface area contributed by atoms with Crippen molar-refractivity contribution < 1.29 is 9.21 Å². The van der Waals surface area contributed by atoms with Crippen molar-refractivity contribution >= 4 is 5.78 Å². The molecule has 2 nitrogen and oxygen atoms in total. The highest BCUT2D eigenvalue weighted by molar-refractivity contribution is 5.95. The molecule has 0 saturated heterocycles. The van der Waals surface area contributed by atoms with Gasteiger partial charge in [0.25, 0.3) is 0 Å². The Hall–Kier alpha value is -1.49. The maximum Gasteiger partial charge on any atom is 0.209 e. The molecule has 0 aliphatic heterocycles. The lowest BCUT2D eigenvalue weighted by molar-refractivity contribution is 0.0970. The normalized spacial score (nSPS) is 9.08. The molecular formula is C11H12O2. The van der Waals surface area contributed by atoms with Gasteiger partial charge in [-0.2, -0.15) is 0 Å². The van der Waals surface area contributed by atoms with Gasteiger partial charge in [-0.25, -0.2) is 0 Å². The van der Waals surface area contributed by atoms with E-state index in [1.165, 1.54) is 0 Å². The summed E-state index contributed by atoms with van der Waals surface area (Å²) in [6.45, 7) is 3.70. The number of Topliss-reactive ketones (excluding diaryl/α,β-unsaturated/α-hetero) is 1. The fraction of sp³-hybridized carbons (Fsp3) is 0.364. The van der Waals surface area contributed by atoms with E-state index in [1.54, 1.807) is 13.0 Å². The molecule has 0 aliphatic carbocycles. The highest BCUT2D eigenvalue weighted by Gasteiger charge is 2.08. The Bertz CT molecular complexity index is 350. The van der Waals surface area contributed by atoms with Gasteiger partial charge < -0.3 is 4.42 Å². The third kappa shape index (κ3) is 2.48. The lowest BCUT2D eigenvalue weighted by atomic mass is 10.2. The third-order valence-electron chi connectivity index (χ3n) is 1.71. The molecule has 0 amide bonds. The van der Waals surface area contributed by atoms with Crippen molar-refractivity contribution in [2.45, 2.75) is 26.7 Å². The van der Waals surface area contributed by atoms with E-state index in [2.05, 4.69) is 11.8 Å². The quantitative estimate of drug-likeness (QED) is 0.523. The Morgan fingerprint density at radius 2 is 2.31 bits per heavy atom. The summed E-state index contributed by atoms with van der Waals surface area (Å²) >= 11 is 0. The summed E-state index contributed by atoms with van der Waals surface area (Å²) < 4.78 is 5.27. The van der Waals surface area contributed by atoms with Crippen molar-refractivity contribution in [1.29, 1.82) is 0 Å². The molecule has 0 fully saturated rings. The lowest BCUT2D eigenvalue weighted by Gasteiger charge is -1.90. The van der Waals surface area contributed by atoms with E-state index >= 15 is 0 Å². The highest BCUT2D eigenvalue weighted by Crippen LogP contribution is 2.10. The molecule has 13 heavy (non-hydrogen) atoms. The summed E-state index contributed by atoms with van der Waals surface area (Å²) in [6, 6.07) is 3.53. The van der Waals surface area contributed by atoms with Crippen LogP contribution in [0.3, 0.4) is 0 Å². The minimum Gasteiger partial charge on any atom is -0.458 e. The van der Waals surface area contributed by atoms with E-state index in [4.69, 9.17) is 4.42 Å². The van der Waals surface area contributed by atoms with Crippen molar-refractivity contribution in [2.24, 2.45) is 0 Å². The number of carbonyl (C=O) groups excluding carboxylic acids is 1. The summed E-state index contributed by atoms with van der Waals surface area (Å²) in [6.07, 6.45) is 1.06. The van der Waals surface area contributed by atoms with Gasteiger partial charge in [-0.1, -0.05) is 12.8 Å². The monoisotopic (exact) mass is 176 g/mol. The zero-order valence-corrected chi connectivity index (χ0v) is 7.89.